The minimum atomic E-state index is 0.765. The van der Waals surface area contributed by atoms with Crippen molar-refractivity contribution < 1.29 is 0 Å². The number of rotatable bonds is 5. The van der Waals surface area contributed by atoms with Gasteiger partial charge in [0.1, 0.15) is 0 Å². The van der Waals surface area contributed by atoms with Gasteiger partial charge in [0.15, 0.2) is 5.16 Å². The summed E-state index contributed by atoms with van der Waals surface area (Å²) in [6.45, 7) is 1.21. The van der Waals surface area contributed by atoms with Crippen LogP contribution in [0.15, 0.2) is 29.4 Å². The summed E-state index contributed by atoms with van der Waals surface area (Å²) in [5.41, 5.74) is 2.20. The molecule has 0 aliphatic carbocycles. The average molecular weight is 261 g/mol. The topological polar surface area (TPSA) is 40.7 Å². The maximum atomic E-state index is 4.57. The van der Waals surface area contributed by atoms with Crippen LogP contribution in [0, 0.1) is 0 Å². The standard InChI is InChI=1S/C14H19N3S/c1-2-8-13-12(7-1)16-14(17-13)18-10-4-6-11-5-3-9-15-11/h1-2,7-8,11,15H,3-6,9-10H2,(H,16,17). The molecule has 3 nitrogen and oxygen atoms in total. The number of imidazole rings is 1. The Balaban J connectivity index is 1.47. The Kier molecular flexibility index (Phi) is 3.86. The van der Waals surface area contributed by atoms with Gasteiger partial charge in [0.05, 0.1) is 11.0 Å². The van der Waals surface area contributed by atoms with Crippen molar-refractivity contribution in [1.29, 1.82) is 0 Å². The molecule has 1 aromatic heterocycles. The Morgan fingerprint density at radius 1 is 1.33 bits per heavy atom. The van der Waals surface area contributed by atoms with Crippen LogP contribution in [-0.2, 0) is 0 Å². The Morgan fingerprint density at radius 2 is 2.28 bits per heavy atom. The van der Waals surface area contributed by atoms with E-state index in [1.165, 1.54) is 32.2 Å². The lowest BCUT2D eigenvalue weighted by molar-refractivity contribution is 0.553. The van der Waals surface area contributed by atoms with Crippen molar-refractivity contribution in [3.05, 3.63) is 24.3 Å². The third-order valence-corrected chi connectivity index (χ3v) is 4.43. The molecule has 2 heterocycles. The number of H-pyrrole nitrogens is 1. The van der Waals surface area contributed by atoms with Gasteiger partial charge in [0.2, 0.25) is 0 Å². The summed E-state index contributed by atoms with van der Waals surface area (Å²) in [6, 6.07) is 8.97. The van der Waals surface area contributed by atoms with E-state index in [9.17, 15) is 0 Å². The van der Waals surface area contributed by atoms with E-state index in [-0.39, 0.29) is 0 Å². The first-order valence-electron chi connectivity index (χ1n) is 6.73. The maximum Gasteiger partial charge on any atom is 0.166 e. The number of fused-ring (bicyclic) bond motifs is 1. The highest BCUT2D eigenvalue weighted by atomic mass is 32.2. The molecule has 2 N–H and O–H groups in total. The lowest BCUT2D eigenvalue weighted by atomic mass is 10.1. The highest BCUT2D eigenvalue weighted by molar-refractivity contribution is 7.99. The fourth-order valence-electron chi connectivity index (χ4n) is 2.50. The van der Waals surface area contributed by atoms with Crippen molar-refractivity contribution in [2.45, 2.75) is 36.9 Å². The van der Waals surface area contributed by atoms with Gasteiger partial charge in [-0.15, -0.1) is 0 Å². The molecule has 1 atom stereocenters. The smallest absolute Gasteiger partial charge is 0.166 e. The predicted octanol–water partition coefficient (Wildman–Crippen LogP) is 3.19. The summed E-state index contributed by atoms with van der Waals surface area (Å²) in [5, 5.41) is 4.60. The molecular weight excluding hydrogens is 242 g/mol. The van der Waals surface area contributed by atoms with E-state index in [1.54, 1.807) is 0 Å². The zero-order valence-corrected chi connectivity index (χ0v) is 11.3. The first-order chi connectivity index (χ1) is 8.92. The number of nitrogens with zero attached hydrogens (tertiary/aromatic N) is 1. The van der Waals surface area contributed by atoms with Gasteiger partial charge in [0, 0.05) is 11.8 Å². The molecule has 0 bridgehead atoms. The summed E-state index contributed by atoms with van der Waals surface area (Å²) in [6.07, 6.45) is 5.27. The van der Waals surface area contributed by atoms with Crippen LogP contribution in [0.3, 0.4) is 0 Å². The minimum absolute atomic E-state index is 0.765. The van der Waals surface area contributed by atoms with Crippen molar-refractivity contribution in [3.63, 3.8) is 0 Å². The fraction of sp³-hybridized carbons (Fsp3) is 0.500. The molecule has 3 rings (SSSR count). The zero-order valence-electron chi connectivity index (χ0n) is 10.5. The van der Waals surface area contributed by atoms with E-state index in [4.69, 9.17) is 0 Å². The van der Waals surface area contributed by atoms with E-state index < -0.39 is 0 Å². The van der Waals surface area contributed by atoms with Crippen LogP contribution in [0.5, 0.6) is 0 Å². The van der Waals surface area contributed by atoms with Gasteiger partial charge < -0.3 is 10.3 Å². The molecule has 1 aromatic carbocycles. The lowest BCUT2D eigenvalue weighted by Gasteiger charge is -2.08. The van der Waals surface area contributed by atoms with Crippen LogP contribution in [-0.4, -0.2) is 28.3 Å². The van der Waals surface area contributed by atoms with Crippen LogP contribution in [0.25, 0.3) is 11.0 Å². The number of aromatic nitrogens is 2. The second-order valence-electron chi connectivity index (χ2n) is 4.84. The molecule has 1 unspecified atom stereocenters. The van der Waals surface area contributed by atoms with Crippen molar-refractivity contribution in [1.82, 2.24) is 15.3 Å². The minimum Gasteiger partial charge on any atom is -0.333 e. The molecule has 0 radical (unpaired) electrons. The number of para-hydroxylation sites is 2. The number of nitrogens with one attached hydrogen (secondary N) is 2. The second-order valence-corrected chi connectivity index (χ2v) is 5.93. The molecule has 2 aromatic rings. The van der Waals surface area contributed by atoms with E-state index >= 15 is 0 Å². The normalized spacial score (nSPS) is 19.7. The largest absolute Gasteiger partial charge is 0.333 e. The highest BCUT2D eigenvalue weighted by Gasteiger charge is 2.13. The molecular formula is C14H19N3S. The van der Waals surface area contributed by atoms with Crippen molar-refractivity contribution in [3.8, 4) is 0 Å². The number of hydrogen-bond acceptors (Lipinski definition) is 3. The van der Waals surface area contributed by atoms with Crippen LogP contribution in [0.4, 0.5) is 0 Å². The Hall–Kier alpha value is -1.00. The van der Waals surface area contributed by atoms with Gasteiger partial charge in [-0.1, -0.05) is 23.9 Å². The Labute approximate surface area is 112 Å². The SMILES string of the molecule is c1ccc2[nH]c(SCCCC3CCCN3)nc2c1. The second kappa shape index (κ2) is 5.76. The zero-order chi connectivity index (χ0) is 12.2. The molecule has 1 fully saturated rings. The molecule has 1 saturated heterocycles. The molecule has 0 amide bonds. The lowest BCUT2D eigenvalue weighted by Crippen LogP contribution is -2.20. The summed E-state index contributed by atoms with van der Waals surface area (Å²) < 4.78 is 0. The molecule has 4 heteroatoms. The predicted molar refractivity (Wildman–Crippen MR) is 77.1 cm³/mol. The highest BCUT2D eigenvalue weighted by Crippen LogP contribution is 2.21. The van der Waals surface area contributed by atoms with Crippen molar-refractivity contribution in [2.75, 3.05) is 12.3 Å². The fourth-order valence-corrected chi connectivity index (χ4v) is 3.35. The van der Waals surface area contributed by atoms with E-state index in [2.05, 4.69) is 27.4 Å². The number of aromatic amines is 1. The Bertz CT molecular complexity index is 469. The number of benzene rings is 1. The van der Waals surface area contributed by atoms with Crippen LogP contribution in [0.2, 0.25) is 0 Å². The third-order valence-electron chi connectivity index (χ3n) is 3.47. The van der Waals surface area contributed by atoms with Crippen LogP contribution >= 0.6 is 11.8 Å². The maximum absolute atomic E-state index is 4.57. The van der Waals surface area contributed by atoms with Crippen LogP contribution < -0.4 is 5.32 Å². The van der Waals surface area contributed by atoms with Gasteiger partial charge in [-0.25, -0.2) is 4.98 Å². The Morgan fingerprint density at radius 3 is 3.11 bits per heavy atom. The van der Waals surface area contributed by atoms with Gasteiger partial charge in [0.25, 0.3) is 0 Å². The van der Waals surface area contributed by atoms with Gasteiger partial charge >= 0.3 is 0 Å². The van der Waals surface area contributed by atoms with Crippen LogP contribution in [0.1, 0.15) is 25.7 Å². The number of hydrogen-bond donors (Lipinski definition) is 2. The third kappa shape index (κ3) is 2.87. The average Bonchev–Trinajstić information content (AvgIpc) is 3.03. The summed E-state index contributed by atoms with van der Waals surface area (Å²) in [5.74, 6) is 1.15. The summed E-state index contributed by atoms with van der Waals surface area (Å²) in [7, 11) is 0. The first-order valence-corrected chi connectivity index (χ1v) is 7.71. The molecule has 0 spiro atoms. The van der Waals surface area contributed by atoms with E-state index in [1.807, 2.05) is 23.9 Å². The van der Waals surface area contributed by atoms with Gasteiger partial charge in [-0.2, -0.15) is 0 Å². The summed E-state index contributed by atoms with van der Waals surface area (Å²) >= 11 is 1.84. The monoisotopic (exact) mass is 261 g/mol. The van der Waals surface area contributed by atoms with Gasteiger partial charge in [-0.3, -0.25) is 0 Å². The summed E-state index contributed by atoms with van der Waals surface area (Å²) in [4.78, 5) is 7.93. The van der Waals surface area contributed by atoms with Crippen molar-refractivity contribution in [2.24, 2.45) is 0 Å². The molecule has 1 aliphatic heterocycles. The molecule has 0 saturated carbocycles. The van der Waals surface area contributed by atoms with Gasteiger partial charge in [-0.05, 0) is 44.4 Å². The van der Waals surface area contributed by atoms with E-state index in [0.29, 0.717) is 0 Å². The molecule has 1 aliphatic rings. The first kappa shape index (κ1) is 12.1. The van der Waals surface area contributed by atoms with Crippen molar-refractivity contribution >= 4 is 22.8 Å². The molecule has 96 valence electrons. The quantitative estimate of drug-likeness (QED) is 0.641. The molecule has 18 heavy (non-hydrogen) atoms. The van der Waals surface area contributed by atoms with E-state index in [0.717, 1.165) is 28.0 Å². The number of thioether (sulfide) groups is 1.